The van der Waals surface area contributed by atoms with E-state index in [1.165, 1.54) is 0 Å². The van der Waals surface area contributed by atoms with Gasteiger partial charge in [0.2, 0.25) is 11.9 Å². The molecule has 162 valence electrons. The van der Waals surface area contributed by atoms with Crippen LogP contribution in [0.2, 0.25) is 0 Å². The molecule has 3 aliphatic rings. The number of halogens is 3. The first-order valence-electron chi connectivity index (χ1n) is 9.83. The van der Waals surface area contributed by atoms with Gasteiger partial charge in [-0.3, -0.25) is 4.79 Å². The van der Waals surface area contributed by atoms with Crippen molar-refractivity contribution in [2.24, 2.45) is 11.8 Å². The van der Waals surface area contributed by atoms with Crippen molar-refractivity contribution in [2.75, 3.05) is 29.9 Å². The number of nitrogens with one attached hydrogen (secondary N) is 1. The Morgan fingerprint density at radius 2 is 1.97 bits per heavy atom. The molecular weight excluding hydrogens is 411 g/mol. The van der Waals surface area contributed by atoms with Crippen LogP contribution in [-0.2, 0) is 14.6 Å². The summed E-state index contributed by atoms with van der Waals surface area (Å²) in [4.78, 5) is 18.1. The molecule has 1 amide bonds. The van der Waals surface area contributed by atoms with Gasteiger partial charge in [0.05, 0.1) is 11.5 Å². The monoisotopic (exact) mass is 435 g/mol. The average molecular weight is 435 g/mol. The maximum Gasteiger partial charge on any atom is 0.411 e. The Hall–Kier alpha value is -1.85. The first-order chi connectivity index (χ1) is 13.6. The molecule has 0 aromatic carbocycles. The van der Waals surface area contributed by atoms with Crippen LogP contribution in [0.3, 0.4) is 0 Å². The van der Waals surface area contributed by atoms with E-state index in [2.05, 4.69) is 15.4 Å². The predicted octanol–water partition coefficient (Wildman–Crippen LogP) is 1.63. The van der Waals surface area contributed by atoms with Crippen molar-refractivity contribution in [3.8, 4) is 0 Å². The fourth-order valence-electron chi connectivity index (χ4n) is 4.69. The van der Waals surface area contributed by atoms with Gasteiger partial charge in [-0.25, -0.2) is 13.1 Å². The van der Waals surface area contributed by atoms with Crippen molar-refractivity contribution in [2.45, 2.75) is 50.4 Å². The number of hydrogen-bond acceptors (Lipinski definition) is 6. The van der Waals surface area contributed by atoms with Gasteiger partial charge in [-0.2, -0.15) is 23.3 Å². The van der Waals surface area contributed by atoms with Crippen molar-refractivity contribution in [1.82, 2.24) is 19.7 Å². The second-order valence-corrected chi connectivity index (χ2v) is 10.5. The van der Waals surface area contributed by atoms with Gasteiger partial charge < -0.3 is 10.2 Å². The molecule has 4 rings (SSSR count). The van der Waals surface area contributed by atoms with E-state index in [-0.39, 0.29) is 54.1 Å². The minimum atomic E-state index is -4.40. The van der Waals surface area contributed by atoms with Crippen LogP contribution in [0.1, 0.15) is 38.1 Å². The van der Waals surface area contributed by atoms with Crippen molar-refractivity contribution >= 4 is 21.7 Å². The second kappa shape index (κ2) is 7.44. The van der Waals surface area contributed by atoms with Crippen LogP contribution in [-0.4, -0.2) is 70.8 Å². The maximum atomic E-state index is 13.4. The number of aromatic nitrogens is 3. The van der Waals surface area contributed by atoms with Gasteiger partial charge in [0, 0.05) is 25.6 Å². The predicted molar refractivity (Wildman–Crippen MR) is 97.8 cm³/mol. The molecule has 8 nitrogen and oxygen atoms in total. The van der Waals surface area contributed by atoms with Crippen LogP contribution >= 0.6 is 0 Å². The minimum Gasteiger partial charge on any atom is -0.351 e. The average Bonchev–Trinajstić information content (AvgIpc) is 3.25. The molecule has 0 radical (unpaired) electrons. The summed E-state index contributed by atoms with van der Waals surface area (Å²) in [5, 5.41) is 6.79. The summed E-state index contributed by atoms with van der Waals surface area (Å²) in [5.41, 5.74) is 0. The number of amides is 1. The molecule has 0 unspecified atom stereocenters. The van der Waals surface area contributed by atoms with E-state index in [0.717, 1.165) is 11.0 Å². The Labute approximate surface area is 166 Å². The summed E-state index contributed by atoms with van der Waals surface area (Å²) < 4.78 is 64.3. The molecule has 29 heavy (non-hydrogen) atoms. The maximum absolute atomic E-state index is 13.4. The topological polar surface area (TPSA) is 97.2 Å². The highest BCUT2D eigenvalue weighted by Crippen LogP contribution is 2.41. The first-order valence-corrected chi connectivity index (χ1v) is 11.7. The van der Waals surface area contributed by atoms with Crippen LogP contribution < -0.4 is 5.32 Å². The van der Waals surface area contributed by atoms with Gasteiger partial charge in [-0.05, 0) is 37.5 Å². The Morgan fingerprint density at radius 1 is 1.24 bits per heavy atom. The number of fused-ring (bicyclic) bond motifs is 1. The van der Waals surface area contributed by atoms with Crippen molar-refractivity contribution in [3.05, 3.63) is 6.33 Å². The Kier molecular flexibility index (Phi) is 5.24. The van der Waals surface area contributed by atoms with Crippen molar-refractivity contribution in [3.63, 3.8) is 0 Å². The van der Waals surface area contributed by atoms with Gasteiger partial charge in [0.1, 0.15) is 6.33 Å². The van der Waals surface area contributed by atoms with E-state index < -0.39 is 22.1 Å². The first kappa shape index (κ1) is 20.4. The zero-order valence-corrected chi connectivity index (χ0v) is 16.6. The fraction of sp³-hybridized carbons (Fsp3) is 0.824. The molecule has 1 aromatic rings. The Morgan fingerprint density at radius 3 is 2.59 bits per heavy atom. The summed E-state index contributed by atoms with van der Waals surface area (Å²) in [6.07, 6.45) is -1.44. The van der Waals surface area contributed by atoms with Gasteiger partial charge in [-0.1, -0.05) is 0 Å². The number of piperidine rings is 1. The highest BCUT2D eigenvalue weighted by atomic mass is 32.2. The molecule has 2 saturated heterocycles. The van der Waals surface area contributed by atoms with Crippen LogP contribution in [0, 0.1) is 11.8 Å². The minimum absolute atomic E-state index is 0.00112. The molecule has 2 fully saturated rings. The number of hydrogen-bond donors (Lipinski definition) is 1. The van der Waals surface area contributed by atoms with Gasteiger partial charge in [-0.15, -0.1) is 0 Å². The SMILES string of the molecule is O=C(C[C@@H]1CCS(=O)(=O)C1)N1CCC([C@@H]2C[C@H](C(F)(F)F)n3ncnc3N2)CC1. The quantitative estimate of drug-likeness (QED) is 0.775. The lowest BCUT2D eigenvalue weighted by Gasteiger charge is -2.40. The van der Waals surface area contributed by atoms with Crippen LogP contribution in [0.5, 0.6) is 0 Å². The van der Waals surface area contributed by atoms with E-state index >= 15 is 0 Å². The third-order valence-corrected chi connectivity index (χ3v) is 8.13. The van der Waals surface area contributed by atoms with E-state index in [4.69, 9.17) is 0 Å². The number of nitrogens with zero attached hydrogens (tertiary/aromatic N) is 4. The zero-order valence-electron chi connectivity index (χ0n) is 15.8. The molecule has 3 atom stereocenters. The normalized spacial score (nSPS) is 30.0. The second-order valence-electron chi connectivity index (χ2n) is 8.26. The molecule has 0 aliphatic carbocycles. The lowest BCUT2D eigenvalue weighted by molar-refractivity contribution is -0.174. The fourth-order valence-corrected chi connectivity index (χ4v) is 6.55. The standard InChI is InChI=1S/C17H24F3N5O3S/c18-17(19,20)14-8-13(23-16-21-10-22-25(14)16)12-1-4-24(5-2-12)15(26)7-11-3-6-29(27,28)9-11/h10-14H,1-9H2,(H,21,22,23)/t11-,13-,14+/m0/s1. The molecule has 12 heteroatoms. The molecule has 0 saturated carbocycles. The molecule has 0 bridgehead atoms. The van der Waals surface area contributed by atoms with Crippen molar-refractivity contribution < 1.29 is 26.4 Å². The summed E-state index contributed by atoms with van der Waals surface area (Å²) in [5.74, 6) is 0.163. The third-order valence-electron chi connectivity index (χ3n) is 6.29. The van der Waals surface area contributed by atoms with E-state index in [1.807, 2.05) is 0 Å². The van der Waals surface area contributed by atoms with E-state index in [9.17, 15) is 26.4 Å². The number of likely N-dealkylation sites (tertiary alicyclic amines) is 1. The highest BCUT2D eigenvalue weighted by Gasteiger charge is 2.48. The molecule has 3 aliphatic heterocycles. The molecular formula is C17H24F3N5O3S. The third kappa shape index (κ3) is 4.36. The molecule has 1 aromatic heterocycles. The van der Waals surface area contributed by atoms with Crippen LogP contribution in [0.25, 0.3) is 0 Å². The molecule has 0 spiro atoms. The number of carbonyl (C=O) groups is 1. The highest BCUT2D eigenvalue weighted by molar-refractivity contribution is 7.91. The van der Waals surface area contributed by atoms with Gasteiger partial charge in [0.15, 0.2) is 15.9 Å². The Balaban J connectivity index is 1.33. The summed E-state index contributed by atoms with van der Waals surface area (Å²) in [6, 6.07) is -2.08. The van der Waals surface area contributed by atoms with Crippen LogP contribution in [0.15, 0.2) is 6.33 Å². The van der Waals surface area contributed by atoms with Gasteiger partial charge in [0.25, 0.3) is 0 Å². The Bertz CT molecular complexity index is 864. The number of carbonyl (C=O) groups excluding carboxylic acids is 1. The number of anilines is 1. The summed E-state index contributed by atoms with van der Waals surface area (Å²) in [6.45, 7) is 0.953. The lowest BCUT2D eigenvalue weighted by Crippen LogP contribution is -2.47. The van der Waals surface area contributed by atoms with E-state index in [0.29, 0.717) is 32.4 Å². The smallest absolute Gasteiger partial charge is 0.351 e. The molecule has 4 heterocycles. The lowest BCUT2D eigenvalue weighted by atomic mass is 9.84. The largest absolute Gasteiger partial charge is 0.411 e. The number of sulfone groups is 1. The zero-order chi connectivity index (χ0) is 20.8. The van der Waals surface area contributed by atoms with E-state index in [1.54, 1.807) is 4.90 Å². The van der Waals surface area contributed by atoms with Crippen LogP contribution in [0.4, 0.5) is 19.1 Å². The number of rotatable bonds is 3. The van der Waals surface area contributed by atoms with Crippen molar-refractivity contribution in [1.29, 1.82) is 0 Å². The van der Waals surface area contributed by atoms with Gasteiger partial charge >= 0.3 is 6.18 Å². The number of alkyl halides is 3. The summed E-state index contributed by atoms with van der Waals surface area (Å²) in [7, 11) is -3.02. The molecule has 1 N–H and O–H groups in total. The summed E-state index contributed by atoms with van der Waals surface area (Å²) >= 11 is 0.